The molecule has 0 aliphatic heterocycles. The van der Waals surface area contributed by atoms with E-state index < -0.39 is 5.97 Å². The van der Waals surface area contributed by atoms with Crippen LogP contribution in [0.25, 0.3) is 0 Å². The molecule has 0 unspecified atom stereocenters. The molecule has 0 spiro atoms. The Balaban J connectivity index is 2.16. The highest BCUT2D eigenvalue weighted by molar-refractivity contribution is 6.33. The van der Waals surface area contributed by atoms with Crippen LogP contribution in [0.4, 0.5) is 5.69 Å². The van der Waals surface area contributed by atoms with Crippen LogP contribution in [-0.4, -0.2) is 24.3 Å². The first-order valence-corrected chi connectivity index (χ1v) is 9.06. The minimum Gasteiger partial charge on any atom is -0.490 e. The minimum absolute atomic E-state index is 0.0660. The molecule has 0 saturated heterocycles. The molecule has 0 radical (unpaired) electrons. The number of carbonyl (C=O) groups is 1. The Hall–Kier alpha value is -2.11. The average molecular weight is 398 g/mol. The summed E-state index contributed by atoms with van der Waals surface area (Å²) in [6, 6.07) is 8.40. The number of ether oxygens (including phenoxy) is 2. The van der Waals surface area contributed by atoms with E-state index in [0.717, 1.165) is 12.0 Å². The van der Waals surface area contributed by atoms with Crippen molar-refractivity contribution in [3.63, 3.8) is 0 Å². The summed E-state index contributed by atoms with van der Waals surface area (Å²) in [4.78, 5) is 11.0. The Morgan fingerprint density at radius 3 is 2.50 bits per heavy atom. The fourth-order valence-corrected chi connectivity index (χ4v) is 2.88. The maximum atomic E-state index is 11.0. The van der Waals surface area contributed by atoms with Crippen LogP contribution in [0.15, 0.2) is 30.3 Å². The molecule has 0 aliphatic rings. The summed E-state index contributed by atoms with van der Waals surface area (Å²) in [5.41, 5.74) is 1.68. The first-order valence-electron chi connectivity index (χ1n) is 8.31. The van der Waals surface area contributed by atoms with Crippen molar-refractivity contribution in [3.8, 4) is 11.5 Å². The van der Waals surface area contributed by atoms with Crippen molar-refractivity contribution in [3.05, 3.63) is 51.5 Å². The summed E-state index contributed by atoms with van der Waals surface area (Å²) in [6.07, 6.45) is 0.873. The molecule has 0 saturated carbocycles. The number of rotatable bonds is 9. The van der Waals surface area contributed by atoms with E-state index in [-0.39, 0.29) is 10.6 Å². The standard InChI is InChI=1S/C19H21Cl2NO4/c1-3-7-26-18-16(21)8-12(9-17(18)25-4-2)11-22-13-5-6-14(19(23)24)15(20)10-13/h5-6,8-10,22H,3-4,7,11H2,1-2H3,(H,23,24). The van der Waals surface area contributed by atoms with Gasteiger partial charge in [-0.3, -0.25) is 0 Å². The number of nitrogens with one attached hydrogen (secondary N) is 1. The number of benzene rings is 2. The highest BCUT2D eigenvalue weighted by Gasteiger charge is 2.13. The average Bonchev–Trinajstić information content (AvgIpc) is 2.59. The normalized spacial score (nSPS) is 10.5. The van der Waals surface area contributed by atoms with Gasteiger partial charge in [0.15, 0.2) is 11.5 Å². The molecular weight excluding hydrogens is 377 g/mol. The van der Waals surface area contributed by atoms with Crippen LogP contribution >= 0.6 is 23.2 Å². The van der Waals surface area contributed by atoms with Gasteiger partial charge in [0.25, 0.3) is 0 Å². The molecule has 2 N–H and O–H groups in total. The van der Waals surface area contributed by atoms with E-state index in [1.165, 1.54) is 6.07 Å². The maximum absolute atomic E-state index is 11.0. The third-order valence-electron chi connectivity index (χ3n) is 3.52. The summed E-state index contributed by atoms with van der Waals surface area (Å²) < 4.78 is 11.3. The van der Waals surface area contributed by atoms with Crippen LogP contribution in [0.5, 0.6) is 11.5 Å². The molecule has 140 valence electrons. The van der Waals surface area contributed by atoms with Crippen LogP contribution in [0.3, 0.4) is 0 Å². The van der Waals surface area contributed by atoms with Gasteiger partial charge in [-0.2, -0.15) is 0 Å². The Labute approximate surface area is 162 Å². The second kappa shape index (κ2) is 9.55. The van der Waals surface area contributed by atoms with E-state index >= 15 is 0 Å². The van der Waals surface area contributed by atoms with Gasteiger partial charge in [0.05, 0.1) is 28.8 Å². The van der Waals surface area contributed by atoms with E-state index in [9.17, 15) is 4.79 Å². The zero-order valence-corrected chi connectivity index (χ0v) is 16.2. The second-order valence-corrected chi connectivity index (χ2v) is 6.35. The molecule has 2 aromatic rings. The van der Waals surface area contributed by atoms with Gasteiger partial charge in [0.1, 0.15) is 0 Å². The quantitative estimate of drug-likeness (QED) is 0.585. The molecule has 0 aliphatic carbocycles. The van der Waals surface area contributed by atoms with Crippen molar-refractivity contribution in [2.45, 2.75) is 26.8 Å². The number of hydrogen-bond donors (Lipinski definition) is 2. The van der Waals surface area contributed by atoms with Gasteiger partial charge in [0, 0.05) is 12.2 Å². The van der Waals surface area contributed by atoms with Crippen molar-refractivity contribution in [2.24, 2.45) is 0 Å². The van der Waals surface area contributed by atoms with E-state index in [1.54, 1.807) is 12.1 Å². The predicted molar refractivity (Wildman–Crippen MR) is 104 cm³/mol. The number of carboxylic acids is 1. The third-order valence-corrected chi connectivity index (χ3v) is 4.11. The van der Waals surface area contributed by atoms with Crippen LogP contribution < -0.4 is 14.8 Å². The summed E-state index contributed by atoms with van der Waals surface area (Å²) in [6.45, 7) is 5.45. The Kier molecular flexibility index (Phi) is 7.42. The highest BCUT2D eigenvalue weighted by atomic mass is 35.5. The zero-order chi connectivity index (χ0) is 19.1. The Bertz CT molecular complexity index is 780. The lowest BCUT2D eigenvalue weighted by Gasteiger charge is -2.15. The Morgan fingerprint density at radius 2 is 1.88 bits per heavy atom. The van der Waals surface area contributed by atoms with Crippen molar-refractivity contribution < 1.29 is 19.4 Å². The van der Waals surface area contributed by atoms with Gasteiger partial charge in [-0.25, -0.2) is 4.79 Å². The van der Waals surface area contributed by atoms with Gasteiger partial charge >= 0.3 is 5.97 Å². The van der Waals surface area contributed by atoms with Crippen molar-refractivity contribution >= 4 is 34.9 Å². The van der Waals surface area contributed by atoms with Crippen molar-refractivity contribution in [2.75, 3.05) is 18.5 Å². The fraction of sp³-hybridized carbons (Fsp3) is 0.316. The number of carboxylic acid groups (broad SMARTS) is 1. The van der Waals surface area contributed by atoms with E-state index in [0.29, 0.717) is 42.0 Å². The van der Waals surface area contributed by atoms with E-state index in [4.69, 9.17) is 37.8 Å². The molecule has 0 aromatic heterocycles. The van der Waals surface area contributed by atoms with E-state index in [2.05, 4.69) is 5.32 Å². The molecule has 2 aromatic carbocycles. The van der Waals surface area contributed by atoms with Crippen LogP contribution in [0.1, 0.15) is 36.2 Å². The fourth-order valence-electron chi connectivity index (χ4n) is 2.33. The zero-order valence-electron chi connectivity index (χ0n) is 14.6. The number of aromatic carboxylic acids is 1. The first kappa shape index (κ1) is 20.2. The first-order chi connectivity index (χ1) is 12.5. The number of anilines is 1. The SMILES string of the molecule is CCCOc1c(Cl)cc(CNc2ccc(C(=O)O)c(Cl)c2)cc1OCC. The van der Waals surface area contributed by atoms with Crippen molar-refractivity contribution in [1.29, 1.82) is 0 Å². The molecular formula is C19H21Cl2NO4. The largest absolute Gasteiger partial charge is 0.490 e. The molecule has 0 amide bonds. The van der Waals surface area contributed by atoms with Crippen molar-refractivity contribution in [1.82, 2.24) is 0 Å². The van der Waals surface area contributed by atoms with E-state index in [1.807, 2.05) is 26.0 Å². The molecule has 26 heavy (non-hydrogen) atoms. The number of hydrogen-bond acceptors (Lipinski definition) is 4. The summed E-state index contributed by atoms with van der Waals surface area (Å²) in [5, 5.41) is 12.9. The predicted octanol–water partition coefficient (Wildman–Crippen LogP) is 5.49. The molecule has 7 heteroatoms. The van der Waals surface area contributed by atoms with Crippen LogP contribution in [-0.2, 0) is 6.54 Å². The summed E-state index contributed by atoms with van der Waals surface area (Å²) >= 11 is 12.3. The van der Waals surface area contributed by atoms with Crippen LogP contribution in [0, 0.1) is 0 Å². The molecule has 2 rings (SSSR count). The molecule has 0 heterocycles. The molecule has 0 fully saturated rings. The molecule has 5 nitrogen and oxygen atoms in total. The smallest absolute Gasteiger partial charge is 0.337 e. The summed E-state index contributed by atoms with van der Waals surface area (Å²) in [5.74, 6) is 0.0924. The highest BCUT2D eigenvalue weighted by Crippen LogP contribution is 2.37. The lowest BCUT2D eigenvalue weighted by Crippen LogP contribution is -2.04. The topological polar surface area (TPSA) is 67.8 Å². The van der Waals surface area contributed by atoms with Gasteiger partial charge < -0.3 is 19.9 Å². The Morgan fingerprint density at radius 1 is 1.12 bits per heavy atom. The second-order valence-electron chi connectivity index (χ2n) is 5.54. The third kappa shape index (κ3) is 5.19. The maximum Gasteiger partial charge on any atom is 0.337 e. The molecule has 0 atom stereocenters. The van der Waals surface area contributed by atoms with Gasteiger partial charge in [-0.05, 0) is 49.2 Å². The van der Waals surface area contributed by atoms with Gasteiger partial charge in [0.2, 0.25) is 0 Å². The number of halogens is 2. The lowest BCUT2D eigenvalue weighted by atomic mass is 10.1. The molecule has 0 bridgehead atoms. The van der Waals surface area contributed by atoms with Gasteiger partial charge in [-0.15, -0.1) is 0 Å². The minimum atomic E-state index is -1.06. The lowest BCUT2D eigenvalue weighted by molar-refractivity contribution is 0.0697. The summed E-state index contributed by atoms with van der Waals surface area (Å²) in [7, 11) is 0. The monoisotopic (exact) mass is 397 g/mol. The van der Waals surface area contributed by atoms with Gasteiger partial charge in [-0.1, -0.05) is 30.1 Å². The van der Waals surface area contributed by atoms with Crippen LogP contribution in [0.2, 0.25) is 10.0 Å².